The van der Waals surface area contributed by atoms with Gasteiger partial charge in [0.15, 0.2) is 0 Å². The van der Waals surface area contributed by atoms with Crippen molar-refractivity contribution in [3.05, 3.63) is 0 Å². The fraction of sp³-hybridized carbons (Fsp3) is 1.00. The zero-order valence-electron chi connectivity index (χ0n) is 11.0. The van der Waals surface area contributed by atoms with Gasteiger partial charge in [-0.05, 0) is 56.4 Å². The Morgan fingerprint density at radius 3 is 0.357 bits per heavy atom. The third kappa shape index (κ3) is 861. The van der Waals surface area contributed by atoms with Crippen molar-refractivity contribution in [1.29, 1.82) is 0 Å². The summed E-state index contributed by atoms with van der Waals surface area (Å²) in [4.78, 5) is 0. The van der Waals surface area contributed by atoms with Gasteiger partial charge in [0, 0.05) is 51.7 Å². The summed E-state index contributed by atoms with van der Waals surface area (Å²) in [5.74, 6) is 0. The van der Waals surface area contributed by atoms with E-state index in [1.54, 1.807) is 0 Å². The molecule has 88 valence electrons. The molecule has 0 heterocycles. The molecule has 0 radical (unpaired) electrons. The van der Waals surface area contributed by atoms with Crippen LogP contribution in [-0.2, 0) is 51.7 Å². The van der Waals surface area contributed by atoms with E-state index in [-0.39, 0.29) is 51.7 Å². The van der Waals surface area contributed by atoms with Crippen LogP contribution in [0.1, 0.15) is 0 Å². The molecule has 0 unspecified atom stereocenters. The standard InChI is InChI=1S/4C2H7N.2Hf/c4*1-3-2;;/h4*3H,1-2H3;;. The SMILES string of the molecule is CNC.CNC.CNC.CNC.[Hf].[Hf]. The third-order valence-electron chi connectivity index (χ3n) is 0. The molecule has 0 saturated carbocycles. The van der Waals surface area contributed by atoms with Gasteiger partial charge in [-0.2, -0.15) is 0 Å². The van der Waals surface area contributed by atoms with E-state index in [0.717, 1.165) is 0 Å². The van der Waals surface area contributed by atoms with Crippen LogP contribution >= 0.6 is 0 Å². The second-order valence-electron chi connectivity index (χ2n) is 2.00. The zero-order chi connectivity index (χ0) is 10.8. The van der Waals surface area contributed by atoms with Crippen LogP contribution in [0, 0.1) is 0 Å². The molecule has 14 heavy (non-hydrogen) atoms. The monoisotopic (exact) mass is 540 g/mol. The van der Waals surface area contributed by atoms with E-state index >= 15 is 0 Å². The van der Waals surface area contributed by atoms with Gasteiger partial charge in [0.2, 0.25) is 0 Å². The van der Waals surface area contributed by atoms with E-state index in [2.05, 4.69) is 21.3 Å². The molecule has 0 aromatic heterocycles. The fourth-order valence-electron chi connectivity index (χ4n) is 0. The predicted octanol–water partition coefficient (Wildman–Crippen LogP) is -0.663. The molecule has 0 bridgehead atoms. The molecule has 0 aromatic carbocycles. The molecule has 4 nitrogen and oxygen atoms in total. The molecule has 4 N–H and O–H groups in total. The van der Waals surface area contributed by atoms with Gasteiger partial charge in [0.05, 0.1) is 0 Å². The average molecular weight is 537 g/mol. The van der Waals surface area contributed by atoms with E-state index in [4.69, 9.17) is 0 Å². The summed E-state index contributed by atoms with van der Waals surface area (Å²) >= 11 is 0. The van der Waals surface area contributed by atoms with E-state index in [9.17, 15) is 0 Å². The van der Waals surface area contributed by atoms with Gasteiger partial charge in [0.1, 0.15) is 0 Å². The maximum Gasteiger partial charge on any atom is 0 e. The van der Waals surface area contributed by atoms with Crippen molar-refractivity contribution < 1.29 is 51.7 Å². The summed E-state index contributed by atoms with van der Waals surface area (Å²) in [7, 11) is 15.0. The van der Waals surface area contributed by atoms with Crippen LogP contribution in [0.2, 0.25) is 0 Å². The summed E-state index contributed by atoms with van der Waals surface area (Å²) < 4.78 is 0. The van der Waals surface area contributed by atoms with Gasteiger partial charge in [-0.25, -0.2) is 0 Å². The maximum absolute atomic E-state index is 2.75. The van der Waals surface area contributed by atoms with Crippen LogP contribution in [0.25, 0.3) is 0 Å². The van der Waals surface area contributed by atoms with E-state index in [1.165, 1.54) is 0 Å². The van der Waals surface area contributed by atoms with Crippen LogP contribution in [0.5, 0.6) is 0 Å². The van der Waals surface area contributed by atoms with Crippen LogP contribution in [-0.4, -0.2) is 56.4 Å². The number of nitrogens with one attached hydrogen (secondary N) is 4. The first kappa shape index (κ1) is 36.1. The molecule has 0 spiro atoms. The Kier molecular flexibility index (Phi) is 223. The average Bonchev–Trinajstić information content (AvgIpc) is 1.92. The van der Waals surface area contributed by atoms with Crippen molar-refractivity contribution in [2.24, 2.45) is 0 Å². The normalized spacial score (nSPS) is 5.14. The van der Waals surface area contributed by atoms with Gasteiger partial charge < -0.3 is 21.3 Å². The molecule has 0 aromatic rings. The molecule has 0 fully saturated rings. The summed E-state index contributed by atoms with van der Waals surface area (Å²) in [6.45, 7) is 0. The molecule has 0 amide bonds. The van der Waals surface area contributed by atoms with E-state index in [0.29, 0.717) is 0 Å². The largest absolute Gasteiger partial charge is 0.323 e. The second kappa shape index (κ2) is 86.4. The van der Waals surface area contributed by atoms with Crippen molar-refractivity contribution in [3.8, 4) is 0 Å². The van der Waals surface area contributed by atoms with Crippen molar-refractivity contribution in [2.75, 3.05) is 56.4 Å². The maximum atomic E-state index is 2.75. The smallest absolute Gasteiger partial charge is 0 e. The fourth-order valence-corrected chi connectivity index (χ4v) is 0. The second-order valence-corrected chi connectivity index (χ2v) is 2.00. The topological polar surface area (TPSA) is 48.1 Å². The van der Waals surface area contributed by atoms with Gasteiger partial charge in [0.25, 0.3) is 0 Å². The van der Waals surface area contributed by atoms with Gasteiger partial charge in [-0.3, -0.25) is 0 Å². The van der Waals surface area contributed by atoms with E-state index < -0.39 is 0 Å². The molecular formula is C8H28Hf2N4. The van der Waals surface area contributed by atoms with Crippen LogP contribution in [0.4, 0.5) is 0 Å². The minimum atomic E-state index is 0. The Hall–Kier alpha value is 1.58. The molecular weight excluding hydrogens is 509 g/mol. The quantitative estimate of drug-likeness (QED) is 0.310. The van der Waals surface area contributed by atoms with Crippen molar-refractivity contribution in [1.82, 2.24) is 21.3 Å². The van der Waals surface area contributed by atoms with Crippen molar-refractivity contribution >= 4 is 0 Å². The Labute approximate surface area is 128 Å². The minimum Gasteiger partial charge on any atom is -0.323 e. The summed E-state index contributed by atoms with van der Waals surface area (Å²) in [5.41, 5.74) is 0. The number of hydrogen-bond acceptors (Lipinski definition) is 4. The van der Waals surface area contributed by atoms with Gasteiger partial charge in [-0.1, -0.05) is 0 Å². The van der Waals surface area contributed by atoms with Crippen LogP contribution < -0.4 is 21.3 Å². The Morgan fingerprint density at radius 2 is 0.357 bits per heavy atom. The first-order valence-electron chi connectivity index (χ1n) is 4.00. The summed E-state index contributed by atoms with van der Waals surface area (Å²) in [6, 6.07) is 0. The van der Waals surface area contributed by atoms with Crippen LogP contribution in [0.15, 0.2) is 0 Å². The molecule has 0 saturated heterocycles. The Balaban J connectivity index is -0.0000000145. The first-order valence-corrected chi connectivity index (χ1v) is 4.00. The van der Waals surface area contributed by atoms with E-state index in [1.807, 2.05) is 56.4 Å². The third-order valence-corrected chi connectivity index (χ3v) is 0. The molecule has 0 aliphatic heterocycles. The van der Waals surface area contributed by atoms with Crippen molar-refractivity contribution in [2.45, 2.75) is 0 Å². The molecule has 0 aliphatic carbocycles. The summed E-state index contributed by atoms with van der Waals surface area (Å²) in [5, 5.41) is 11.0. The number of rotatable bonds is 0. The van der Waals surface area contributed by atoms with Gasteiger partial charge in [-0.15, -0.1) is 0 Å². The summed E-state index contributed by atoms with van der Waals surface area (Å²) in [6.07, 6.45) is 0. The molecule has 0 atom stereocenters. The van der Waals surface area contributed by atoms with Gasteiger partial charge >= 0.3 is 0 Å². The van der Waals surface area contributed by atoms with Crippen molar-refractivity contribution in [3.63, 3.8) is 0 Å². The minimum absolute atomic E-state index is 0. The molecule has 0 aliphatic rings. The molecule has 6 heteroatoms. The first-order chi connectivity index (χ1) is 5.66. The predicted molar refractivity (Wildman–Crippen MR) is 59.9 cm³/mol. The zero-order valence-corrected chi connectivity index (χ0v) is 18.2. The number of hydrogen-bond donors (Lipinski definition) is 4. The molecule has 0 rings (SSSR count). The Bertz CT molecular complexity index is 27.3. The van der Waals surface area contributed by atoms with Crippen LogP contribution in [0.3, 0.4) is 0 Å². The Morgan fingerprint density at radius 1 is 0.357 bits per heavy atom.